The van der Waals surface area contributed by atoms with Crippen molar-refractivity contribution in [3.05, 3.63) is 0 Å². The van der Waals surface area contributed by atoms with Crippen molar-refractivity contribution in [1.82, 2.24) is 5.32 Å². The summed E-state index contributed by atoms with van der Waals surface area (Å²) in [7, 11) is 4.44. The summed E-state index contributed by atoms with van der Waals surface area (Å²) in [5.41, 5.74) is 0. The maximum Gasteiger partial charge on any atom is 0.319 e. The maximum absolute atomic E-state index is 10.7. The minimum absolute atomic E-state index is 0.0610. The molecule has 0 aromatic carbocycles. The number of esters is 1. The van der Waals surface area contributed by atoms with E-state index in [1.165, 1.54) is 7.11 Å². The molecule has 0 aromatic heterocycles. The lowest BCUT2D eigenvalue weighted by Gasteiger charge is -2.21. The molecule has 1 N–H and O–H groups in total. The molecule has 1 atom stereocenters. The van der Waals surface area contributed by atoms with Crippen LogP contribution in [-0.4, -0.2) is 46.2 Å². The fourth-order valence-corrected chi connectivity index (χ4v) is 0.917. The Morgan fingerprint density at radius 3 is 2.23 bits per heavy atom. The maximum atomic E-state index is 10.7. The third-order valence-electron chi connectivity index (χ3n) is 1.67. The van der Waals surface area contributed by atoms with Crippen LogP contribution in [0.2, 0.25) is 0 Å². The van der Waals surface area contributed by atoms with Crippen LogP contribution in [0.15, 0.2) is 0 Å². The largest absolute Gasteiger partial charge is 0.468 e. The summed E-state index contributed by atoms with van der Waals surface area (Å²) in [6, 6.07) is -0.0610. The molecule has 13 heavy (non-hydrogen) atoms. The van der Waals surface area contributed by atoms with Crippen LogP contribution in [0.1, 0.15) is 6.92 Å². The van der Waals surface area contributed by atoms with Gasteiger partial charge in [0, 0.05) is 14.2 Å². The van der Waals surface area contributed by atoms with Crippen LogP contribution in [0.3, 0.4) is 0 Å². The van der Waals surface area contributed by atoms with Crippen molar-refractivity contribution in [2.75, 3.05) is 27.9 Å². The van der Waals surface area contributed by atoms with E-state index < -0.39 is 0 Å². The Labute approximate surface area is 78.3 Å². The van der Waals surface area contributed by atoms with E-state index in [1.807, 2.05) is 6.92 Å². The van der Waals surface area contributed by atoms with Crippen LogP contribution in [0.4, 0.5) is 0 Å². The second-order valence-electron chi connectivity index (χ2n) is 2.59. The monoisotopic (exact) mass is 191 g/mol. The molecule has 0 bridgehead atoms. The van der Waals surface area contributed by atoms with Gasteiger partial charge < -0.3 is 14.2 Å². The van der Waals surface area contributed by atoms with Gasteiger partial charge in [-0.3, -0.25) is 10.1 Å². The van der Waals surface area contributed by atoms with Gasteiger partial charge in [0.25, 0.3) is 0 Å². The number of hydrogen-bond acceptors (Lipinski definition) is 5. The van der Waals surface area contributed by atoms with E-state index in [-0.39, 0.29) is 24.8 Å². The molecule has 1 unspecified atom stereocenters. The van der Waals surface area contributed by atoms with Crippen molar-refractivity contribution >= 4 is 5.97 Å². The fraction of sp³-hybridized carbons (Fsp3) is 0.875. The Bertz CT molecular complexity index is 147. The van der Waals surface area contributed by atoms with Crippen molar-refractivity contribution in [2.45, 2.75) is 19.3 Å². The second kappa shape index (κ2) is 6.82. The van der Waals surface area contributed by atoms with Crippen molar-refractivity contribution in [1.29, 1.82) is 0 Å². The number of methoxy groups -OCH3 is 3. The van der Waals surface area contributed by atoms with E-state index in [9.17, 15) is 4.79 Å². The molecule has 78 valence electrons. The second-order valence-corrected chi connectivity index (χ2v) is 2.59. The average molecular weight is 191 g/mol. The highest BCUT2D eigenvalue weighted by Gasteiger charge is 2.15. The summed E-state index contributed by atoms with van der Waals surface area (Å²) >= 11 is 0. The SMILES string of the molecule is COC(=O)CNC(C)C(OC)OC. The molecular formula is C8H17NO4. The number of rotatable bonds is 6. The van der Waals surface area contributed by atoms with Gasteiger partial charge >= 0.3 is 5.97 Å². The predicted octanol–water partition coefficient (Wildman–Crippen LogP) is -0.244. The topological polar surface area (TPSA) is 56.8 Å². The molecule has 0 spiro atoms. The Hall–Kier alpha value is -0.650. The highest BCUT2D eigenvalue weighted by atomic mass is 16.7. The van der Waals surface area contributed by atoms with Gasteiger partial charge in [0.15, 0.2) is 6.29 Å². The Morgan fingerprint density at radius 1 is 1.31 bits per heavy atom. The summed E-state index contributed by atoms with van der Waals surface area (Å²) in [5.74, 6) is -0.308. The fourth-order valence-electron chi connectivity index (χ4n) is 0.917. The zero-order chi connectivity index (χ0) is 10.3. The minimum Gasteiger partial charge on any atom is -0.468 e. The first-order chi connectivity index (χ1) is 6.15. The van der Waals surface area contributed by atoms with Crippen LogP contribution >= 0.6 is 0 Å². The van der Waals surface area contributed by atoms with Crippen molar-refractivity contribution < 1.29 is 19.0 Å². The first kappa shape index (κ1) is 12.3. The van der Waals surface area contributed by atoms with E-state index in [4.69, 9.17) is 9.47 Å². The van der Waals surface area contributed by atoms with Gasteiger partial charge in [-0.25, -0.2) is 0 Å². The third kappa shape index (κ3) is 4.82. The van der Waals surface area contributed by atoms with Gasteiger partial charge in [-0.2, -0.15) is 0 Å². The molecule has 0 aliphatic rings. The summed E-state index contributed by atoms with van der Waals surface area (Å²) in [6.07, 6.45) is -0.357. The summed E-state index contributed by atoms with van der Waals surface area (Å²) in [6.45, 7) is 2.02. The van der Waals surface area contributed by atoms with E-state index in [0.29, 0.717) is 0 Å². The molecule has 0 amide bonds. The van der Waals surface area contributed by atoms with E-state index in [2.05, 4.69) is 10.1 Å². The summed E-state index contributed by atoms with van der Waals surface area (Å²) in [4.78, 5) is 10.7. The molecule has 0 saturated carbocycles. The number of carbonyl (C=O) groups excluding carboxylic acids is 1. The van der Waals surface area contributed by atoms with Gasteiger partial charge in [-0.15, -0.1) is 0 Å². The Balaban J connectivity index is 3.71. The molecule has 0 heterocycles. The lowest BCUT2D eigenvalue weighted by molar-refractivity contribution is -0.142. The lowest BCUT2D eigenvalue weighted by atomic mass is 10.3. The Morgan fingerprint density at radius 2 is 1.85 bits per heavy atom. The van der Waals surface area contributed by atoms with Crippen LogP contribution in [0, 0.1) is 0 Å². The smallest absolute Gasteiger partial charge is 0.319 e. The molecule has 0 saturated heterocycles. The lowest BCUT2D eigenvalue weighted by Crippen LogP contribution is -2.42. The molecule has 0 fully saturated rings. The van der Waals surface area contributed by atoms with Gasteiger partial charge in [0.2, 0.25) is 0 Å². The van der Waals surface area contributed by atoms with Gasteiger partial charge in [-0.05, 0) is 6.92 Å². The predicted molar refractivity (Wildman–Crippen MR) is 47.3 cm³/mol. The highest BCUT2D eigenvalue weighted by Crippen LogP contribution is 1.97. The molecular weight excluding hydrogens is 174 g/mol. The number of ether oxygens (including phenoxy) is 3. The van der Waals surface area contributed by atoms with E-state index in [0.717, 1.165) is 0 Å². The minimum atomic E-state index is -0.357. The Kier molecular flexibility index (Phi) is 6.48. The van der Waals surface area contributed by atoms with Gasteiger partial charge in [0.1, 0.15) is 0 Å². The van der Waals surface area contributed by atoms with E-state index >= 15 is 0 Å². The highest BCUT2D eigenvalue weighted by molar-refractivity contribution is 5.71. The third-order valence-corrected chi connectivity index (χ3v) is 1.67. The molecule has 5 nitrogen and oxygen atoms in total. The van der Waals surface area contributed by atoms with E-state index in [1.54, 1.807) is 14.2 Å². The number of hydrogen-bond donors (Lipinski definition) is 1. The van der Waals surface area contributed by atoms with Crippen LogP contribution in [0.5, 0.6) is 0 Å². The normalized spacial score (nSPS) is 13.0. The quantitative estimate of drug-likeness (QED) is 0.463. The number of nitrogens with one attached hydrogen (secondary N) is 1. The molecule has 0 aliphatic heterocycles. The van der Waals surface area contributed by atoms with Crippen molar-refractivity contribution in [3.63, 3.8) is 0 Å². The molecule has 0 rings (SSSR count). The van der Waals surface area contributed by atoms with Crippen molar-refractivity contribution in [2.24, 2.45) is 0 Å². The summed E-state index contributed by atoms with van der Waals surface area (Å²) < 4.78 is 14.4. The van der Waals surface area contributed by atoms with Crippen LogP contribution < -0.4 is 5.32 Å². The van der Waals surface area contributed by atoms with Gasteiger partial charge in [0.05, 0.1) is 19.7 Å². The van der Waals surface area contributed by atoms with Crippen LogP contribution in [-0.2, 0) is 19.0 Å². The van der Waals surface area contributed by atoms with Crippen molar-refractivity contribution in [3.8, 4) is 0 Å². The standard InChI is InChI=1S/C8H17NO4/c1-6(8(12-3)13-4)9-5-7(10)11-2/h6,8-9H,5H2,1-4H3. The zero-order valence-corrected chi connectivity index (χ0v) is 8.49. The van der Waals surface area contributed by atoms with Gasteiger partial charge in [-0.1, -0.05) is 0 Å². The molecule has 0 radical (unpaired) electrons. The first-order valence-electron chi connectivity index (χ1n) is 4.01. The molecule has 0 aromatic rings. The number of carbonyl (C=O) groups is 1. The first-order valence-corrected chi connectivity index (χ1v) is 4.01. The zero-order valence-electron chi connectivity index (χ0n) is 8.49. The average Bonchev–Trinajstić information content (AvgIpc) is 2.16. The molecule has 5 heteroatoms. The van der Waals surface area contributed by atoms with Crippen LogP contribution in [0.25, 0.3) is 0 Å². The molecule has 0 aliphatic carbocycles. The summed E-state index contributed by atoms with van der Waals surface area (Å²) in [5, 5.41) is 2.91.